The van der Waals surface area contributed by atoms with Gasteiger partial charge in [-0.25, -0.2) is 9.37 Å². The number of nitrogens with one attached hydrogen (secondary N) is 1. The zero-order valence-electron chi connectivity index (χ0n) is 19.0. The second kappa shape index (κ2) is 11.0. The molecule has 0 saturated carbocycles. The number of nitrogens with zero attached hydrogens (tertiary/aromatic N) is 3. The Kier molecular flexibility index (Phi) is 7.42. The Balaban J connectivity index is 1.79. The first-order chi connectivity index (χ1) is 17.0. The predicted molar refractivity (Wildman–Crippen MR) is 129 cm³/mol. The van der Waals surface area contributed by atoms with Gasteiger partial charge < -0.3 is 15.0 Å². The van der Waals surface area contributed by atoms with Crippen LogP contribution in [0.1, 0.15) is 27.7 Å². The van der Waals surface area contributed by atoms with Crippen LogP contribution in [0.25, 0.3) is 0 Å². The van der Waals surface area contributed by atoms with E-state index in [1.807, 2.05) is 30.3 Å². The van der Waals surface area contributed by atoms with E-state index >= 15 is 0 Å². The monoisotopic (exact) mass is 470 g/mol. The summed E-state index contributed by atoms with van der Waals surface area (Å²) in [5, 5.41) is 2.80. The third-order valence-corrected chi connectivity index (χ3v) is 5.32. The van der Waals surface area contributed by atoms with Gasteiger partial charge in [0.15, 0.2) is 0 Å². The van der Waals surface area contributed by atoms with Gasteiger partial charge >= 0.3 is 0 Å². The fourth-order valence-electron chi connectivity index (χ4n) is 3.65. The van der Waals surface area contributed by atoms with Gasteiger partial charge in [-0.1, -0.05) is 42.5 Å². The second-order valence-electron chi connectivity index (χ2n) is 7.68. The lowest BCUT2D eigenvalue weighted by molar-refractivity contribution is -0.121. The third kappa shape index (κ3) is 5.86. The maximum atomic E-state index is 13.7. The molecule has 176 valence electrons. The lowest BCUT2D eigenvalue weighted by atomic mass is 10.0. The number of aromatic nitrogens is 2. The minimum atomic E-state index is -1.05. The lowest BCUT2D eigenvalue weighted by Crippen LogP contribution is -2.41. The summed E-state index contributed by atoms with van der Waals surface area (Å²) in [6, 6.07) is 20.7. The van der Waals surface area contributed by atoms with Gasteiger partial charge in [0.1, 0.15) is 23.3 Å². The summed E-state index contributed by atoms with van der Waals surface area (Å²) in [4.78, 5) is 37.0. The molecule has 0 spiro atoms. The largest absolute Gasteiger partial charge is 0.497 e. The number of hydrogen-bond acceptors (Lipinski definition) is 5. The number of ether oxygens (including phenoxy) is 1. The molecule has 0 bridgehead atoms. The van der Waals surface area contributed by atoms with Crippen LogP contribution in [0.2, 0.25) is 0 Å². The highest BCUT2D eigenvalue weighted by Crippen LogP contribution is 2.29. The first-order valence-corrected chi connectivity index (χ1v) is 10.9. The van der Waals surface area contributed by atoms with E-state index in [1.54, 1.807) is 24.3 Å². The number of methoxy groups -OCH3 is 1. The van der Waals surface area contributed by atoms with Crippen LogP contribution >= 0.6 is 0 Å². The molecule has 4 aromatic rings. The molecule has 1 aromatic heterocycles. The first kappa shape index (κ1) is 23.6. The Morgan fingerprint density at radius 1 is 1.00 bits per heavy atom. The van der Waals surface area contributed by atoms with Gasteiger partial charge in [0.25, 0.3) is 11.8 Å². The molecule has 0 radical (unpaired) electrons. The van der Waals surface area contributed by atoms with E-state index in [-0.39, 0.29) is 12.2 Å². The van der Waals surface area contributed by atoms with Gasteiger partial charge in [-0.15, -0.1) is 0 Å². The van der Waals surface area contributed by atoms with Gasteiger partial charge in [0.05, 0.1) is 13.3 Å². The summed E-state index contributed by atoms with van der Waals surface area (Å²) in [5.74, 6) is -0.827. The molecule has 8 heteroatoms. The number of anilines is 1. The van der Waals surface area contributed by atoms with E-state index < -0.39 is 23.7 Å². The van der Waals surface area contributed by atoms with Crippen LogP contribution in [0.3, 0.4) is 0 Å². The summed E-state index contributed by atoms with van der Waals surface area (Å²) in [5.41, 5.74) is 1.87. The SMILES string of the molecule is COc1cccc(C(C(=O)Nc2ccc(F)cc2)N(Cc2ccccc2)C(=O)c2cnccn2)c1. The molecule has 1 atom stereocenters. The maximum absolute atomic E-state index is 13.7. The van der Waals surface area contributed by atoms with Crippen LogP contribution in [0.15, 0.2) is 97.5 Å². The van der Waals surface area contributed by atoms with Gasteiger partial charge in [-0.2, -0.15) is 0 Å². The summed E-state index contributed by atoms with van der Waals surface area (Å²) in [7, 11) is 1.53. The van der Waals surface area contributed by atoms with Crippen LogP contribution in [-0.4, -0.2) is 33.8 Å². The normalized spacial score (nSPS) is 11.4. The zero-order valence-corrected chi connectivity index (χ0v) is 19.0. The highest BCUT2D eigenvalue weighted by molar-refractivity contribution is 6.00. The van der Waals surface area contributed by atoms with E-state index in [4.69, 9.17) is 4.74 Å². The van der Waals surface area contributed by atoms with Crippen molar-refractivity contribution in [2.24, 2.45) is 0 Å². The zero-order chi connectivity index (χ0) is 24.6. The fraction of sp³-hybridized carbons (Fsp3) is 0.111. The molecule has 35 heavy (non-hydrogen) atoms. The first-order valence-electron chi connectivity index (χ1n) is 10.9. The molecule has 2 amide bonds. The molecular formula is C27H23FN4O3. The molecule has 0 aliphatic carbocycles. The summed E-state index contributed by atoms with van der Waals surface area (Å²) < 4.78 is 18.8. The molecule has 1 N–H and O–H groups in total. The van der Waals surface area contributed by atoms with Crippen molar-refractivity contribution in [1.82, 2.24) is 14.9 Å². The minimum Gasteiger partial charge on any atom is -0.497 e. The lowest BCUT2D eigenvalue weighted by Gasteiger charge is -2.31. The predicted octanol–water partition coefficient (Wildman–Crippen LogP) is 4.65. The summed E-state index contributed by atoms with van der Waals surface area (Å²) >= 11 is 0. The standard InChI is InChI=1S/C27H23FN4O3/c1-35-23-9-5-8-20(16-23)25(26(33)31-22-12-10-21(28)11-13-22)32(18-19-6-3-2-4-7-19)27(34)24-17-29-14-15-30-24/h2-17,25H,18H2,1H3,(H,31,33). The summed E-state index contributed by atoms with van der Waals surface area (Å²) in [6.45, 7) is 0.134. The molecule has 7 nitrogen and oxygen atoms in total. The van der Waals surface area contributed by atoms with Crippen LogP contribution in [-0.2, 0) is 11.3 Å². The van der Waals surface area contributed by atoms with Gasteiger partial charge in [-0.3, -0.25) is 14.6 Å². The number of hydrogen-bond donors (Lipinski definition) is 1. The second-order valence-corrected chi connectivity index (χ2v) is 7.68. The smallest absolute Gasteiger partial charge is 0.275 e. The molecule has 1 heterocycles. The van der Waals surface area contributed by atoms with Crippen LogP contribution in [0, 0.1) is 5.82 Å². The van der Waals surface area contributed by atoms with Gasteiger partial charge in [0, 0.05) is 24.6 Å². The van der Waals surface area contributed by atoms with Crippen LogP contribution in [0.5, 0.6) is 5.75 Å². The molecular weight excluding hydrogens is 447 g/mol. The maximum Gasteiger partial charge on any atom is 0.275 e. The van der Waals surface area contributed by atoms with Crippen molar-refractivity contribution in [3.05, 3.63) is 120 Å². The fourth-order valence-corrected chi connectivity index (χ4v) is 3.65. The van der Waals surface area contributed by atoms with Crippen molar-refractivity contribution in [2.75, 3.05) is 12.4 Å². The van der Waals surface area contributed by atoms with Gasteiger partial charge in [0.2, 0.25) is 0 Å². The molecule has 0 aliphatic rings. The Labute approximate surface area is 202 Å². The van der Waals surface area contributed by atoms with E-state index in [1.165, 1.54) is 54.9 Å². The van der Waals surface area contributed by atoms with Crippen molar-refractivity contribution in [3.8, 4) is 5.75 Å². The number of halogens is 1. The van der Waals surface area contributed by atoms with Crippen molar-refractivity contribution >= 4 is 17.5 Å². The number of rotatable bonds is 8. The number of benzene rings is 3. The molecule has 0 fully saturated rings. The van der Waals surface area contributed by atoms with Crippen molar-refractivity contribution < 1.29 is 18.7 Å². The van der Waals surface area contributed by atoms with Crippen molar-refractivity contribution in [1.29, 1.82) is 0 Å². The van der Waals surface area contributed by atoms with Crippen LogP contribution < -0.4 is 10.1 Å². The Bertz CT molecular complexity index is 1280. The van der Waals surface area contributed by atoms with E-state index in [0.717, 1.165) is 5.56 Å². The van der Waals surface area contributed by atoms with Crippen molar-refractivity contribution in [3.63, 3.8) is 0 Å². The minimum absolute atomic E-state index is 0.103. The quantitative estimate of drug-likeness (QED) is 0.405. The molecule has 4 rings (SSSR count). The van der Waals surface area contributed by atoms with E-state index in [2.05, 4.69) is 15.3 Å². The number of carbonyl (C=O) groups excluding carboxylic acids is 2. The van der Waals surface area contributed by atoms with Gasteiger partial charge in [-0.05, 0) is 47.5 Å². The van der Waals surface area contributed by atoms with E-state index in [9.17, 15) is 14.0 Å². The van der Waals surface area contributed by atoms with Crippen LogP contribution in [0.4, 0.5) is 10.1 Å². The number of amides is 2. The highest BCUT2D eigenvalue weighted by Gasteiger charge is 2.33. The molecule has 0 aliphatic heterocycles. The Hall–Kier alpha value is -4.59. The highest BCUT2D eigenvalue weighted by atomic mass is 19.1. The molecule has 3 aromatic carbocycles. The Morgan fingerprint density at radius 3 is 2.46 bits per heavy atom. The van der Waals surface area contributed by atoms with E-state index in [0.29, 0.717) is 17.0 Å². The number of carbonyl (C=O) groups is 2. The third-order valence-electron chi connectivity index (χ3n) is 5.32. The average Bonchev–Trinajstić information content (AvgIpc) is 2.90. The average molecular weight is 471 g/mol. The topological polar surface area (TPSA) is 84.4 Å². The Morgan fingerprint density at radius 2 is 1.77 bits per heavy atom. The van der Waals surface area contributed by atoms with Crippen molar-refractivity contribution in [2.45, 2.75) is 12.6 Å². The molecule has 0 saturated heterocycles. The summed E-state index contributed by atoms with van der Waals surface area (Å²) in [6.07, 6.45) is 4.26. The molecule has 1 unspecified atom stereocenters.